The summed E-state index contributed by atoms with van der Waals surface area (Å²) in [6.07, 6.45) is 12.4. The third kappa shape index (κ3) is 5.96. The van der Waals surface area contributed by atoms with E-state index in [-0.39, 0.29) is 35.5 Å². The highest BCUT2D eigenvalue weighted by atomic mass is 35.5. The Hall–Kier alpha value is -2.18. The molecule has 202 valence electrons. The van der Waals surface area contributed by atoms with Gasteiger partial charge in [0.05, 0.1) is 6.26 Å². The van der Waals surface area contributed by atoms with E-state index in [2.05, 4.69) is 11.8 Å². The van der Waals surface area contributed by atoms with Crippen molar-refractivity contribution >= 4 is 24.2 Å². The Bertz CT molecular complexity index is 1060. The Morgan fingerprint density at radius 3 is 2.49 bits per heavy atom. The molecule has 0 unspecified atom stereocenters. The van der Waals surface area contributed by atoms with Crippen molar-refractivity contribution in [1.82, 2.24) is 9.80 Å². The fourth-order valence-electron chi connectivity index (χ4n) is 6.90. The molecule has 1 aromatic carbocycles. The summed E-state index contributed by atoms with van der Waals surface area (Å²) >= 11 is 0. The summed E-state index contributed by atoms with van der Waals surface area (Å²) in [4.78, 5) is 29.6. The van der Waals surface area contributed by atoms with Crippen molar-refractivity contribution in [2.45, 2.75) is 90.0 Å². The lowest BCUT2D eigenvalue weighted by Gasteiger charge is -2.38. The van der Waals surface area contributed by atoms with Crippen LogP contribution in [0.1, 0.15) is 82.3 Å². The summed E-state index contributed by atoms with van der Waals surface area (Å²) in [5.41, 5.74) is 2.87. The van der Waals surface area contributed by atoms with E-state index in [1.54, 1.807) is 12.3 Å². The molecule has 5 rings (SSSR count). The summed E-state index contributed by atoms with van der Waals surface area (Å²) < 4.78 is 20.3. The maximum absolute atomic E-state index is 14.7. The fraction of sp³-hybridized carbons (Fsp3) is 0.600. The number of benzene rings is 1. The molecule has 5 nitrogen and oxygen atoms in total. The quantitative estimate of drug-likeness (QED) is 0.272. The average Bonchev–Trinajstić information content (AvgIpc) is 3.55. The number of unbranched alkanes of at least 4 members (excludes halogenated alkanes) is 1. The molecule has 1 aliphatic heterocycles. The highest BCUT2D eigenvalue weighted by Crippen LogP contribution is 2.47. The number of hydrogen-bond donors (Lipinski definition) is 0. The zero-order chi connectivity index (χ0) is 25.1. The molecule has 0 N–H and O–H groups in total. The Balaban J connectivity index is 0.00000320. The Labute approximate surface area is 226 Å². The van der Waals surface area contributed by atoms with Crippen LogP contribution in [0, 0.1) is 11.2 Å². The van der Waals surface area contributed by atoms with Gasteiger partial charge in [-0.05, 0) is 105 Å². The van der Waals surface area contributed by atoms with E-state index in [1.807, 2.05) is 18.2 Å². The topological polar surface area (TPSA) is 53.8 Å². The van der Waals surface area contributed by atoms with Crippen molar-refractivity contribution in [3.05, 3.63) is 47.5 Å². The van der Waals surface area contributed by atoms with Crippen molar-refractivity contribution in [2.75, 3.05) is 19.6 Å². The van der Waals surface area contributed by atoms with Crippen molar-refractivity contribution in [2.24, 2.45) is 5.41 Å². The van der Waals surface area contributed by atoms with Crippen LogP contribution in [0.25, 0.3) is 11.3 Å². The van der Waals surface area contributed by atoms with Crippen LogP contribution in [0.5, 0.6) is 0 Å². The predicted octanol–water partition coefficient (Wildman–Crippen LogP) is 6.57. The number of carbonyl (C=O) groups is 2. The number of carbonyl (C=O) groups excluding carboxylic acids is 2. The lowest BCUT2D eigenvalue weighted by Crippen LogP contribution is -2.47. The first-order chi connectivity index (χ1) is 17.5. The molecule has 1 atom stereocenters. The van der Waals surface area contributed by atoms with Gasteiger partial charge in [0, 0.05) is 31.0 Å². The molecule has 0 radical (unpaired) electrons. The largest absolute Gasteiger partial charge is 0.464 e. The molecule has 2 fully saturated rings. The third-order valence-corrected chi connectivity index (χ3v) is 8.75. The van der Waals surface area contributed by atoms with Gasteiger partial charge in [0.1, 0.15) is 11.6 Å². The number of fused-ring (bicyclic) bond motifs is 1. The number of halogens is 2. The van der Waals surface area contributed by atoms with Crippen LogP contribution in [0.2, 0.25) is 0 Å². The van der Waals surface area contributed by atoms with E-state index < -0.39 is 0 Å². The lowest BCUT2D eigenvalue weighted by atomic mass is 9.76. The fourth-order valence-corrected chi connectivity index (χ4v) is 6.90. The highest BCUT2D eigenvalue weighted by molar-refractivity contribution is 5.98. The molecule has 7 heteroatoms. The van der Waals surface area contributed by atoms with E-state index in [9.17, 15) is 14.0 Å². The van der Waals surface area contributed by atoms with Crippen LogP contribution >= 0.6 is 12.4 Å². The summed E-state index contributed by atoms with van der Waals surface area (Å²) in [6, 6.07) is 7.59. The number of hydrogen-bond acceptors (Lipinski definition) is 4. The van der Waals surface area contributed by atoms with E-state index in [1.165, 1.54) is 4.90 Å². The molecule has 2 heterocycles. The number of imide groups is 1. The molecule has 2 amide bonds. The molecule has 3 aliphatic rings. The van der Waals surface area contributed by atoms with Crippen LogP contribution in [0.4, 0.5) is 4.39 Å². The standard InChI is InChI=1S/C30H39FN2O3.ClH/c1-2-15-32(16-5-6-17-33-28(34)20-30(21-29(33)35)13-3-4-14-30)22-9-10-23-25(19-22)24(11-12-26(23)31)27-8-7-18-36-27;/h7-8,11-12,18,22H,2-6,9-10,13-17,19-21H2,1H3;1H/t22-;/m0./s1. The van der Waals surface area contributed by atoms with Crippen molar-refractivity contribution in [1.29, 1.82) is 0 Å². The minimum Gasteiger partial charge on any atom is -0.464 e. The Morgan fingerprint density at radius 2 is 1.81 bits per heavy atom. The van der Waals surface area contributed by atoms with E-state index >= 15 is 0 Å². The third-order valence-electron chi connectivity index (χ3n) is 8.75. The molecule has 2 aliphatic carbocycles. The zero-order valence-corrected chi connectivity index (χ0v) is 22.8. The second kappa shape index (κ2) is 12.1. The molecule has 0 bridgehead atoms. The molecule has 1 spiro atoms. The van der Waals surface area contributed by atoms with Crippen molar-refractivity contribution in [3.63, 3.8) is 0 Å². The molecule has 1 saturated heterocycles. The number of furan rings is 1. The van der Waals surface area contributed by atoms with Crippen molar-refractivity contribution in [3.8, 4) is 11.3 Å². The number of nitrogens with zero attached hydrogens (tertiary/aromatic N) is 2. The first-order valence-corrected chi connectivity index (χ1v) is 13.9. The number of piperidine rings is 1. The highest BCUT2D eigenvalue weighted by Gasteiger charge is 2.44. The summed E-state index contributed by atoms with van der Waals surface area (Å²) in [5, 5.41) is 0. The van der Waals surface area contributed by atoms with Crippen LogP contribution in [0.3, 0.4) is 0 Å². The van der Waals surface area contributed by atoms with Gasteiger partial charge in [-0.1, -0.05) is 19.8 Å². The van der Waals surface area contributed by atoms with Gasteiger partial charge in [0.2, 0.25) is 11.8 Å². The van der Waals surface area contributed by atoms with E-state index in [0.717, 1.165) is 99.7 Å². The van der Waals surface area contributed by atoms with Gasteiger partial charge in [0.15, 0.2) is 0 Å². The predicted molar refractivity (Wildman–Crippen MR) is 145 cm³/mol. The number of rotatable bonds is 9. The van der Waals surface area contributed by atoms with Gasteiger partial charge in [-0.2, -0.15) is 0 Å². The first kappa shape index (κ1) is 27.8. The maximum Gasteiger partial charge on any atom is 0.229 e. The van der Waals surface area contributed by atoms with Gasteiger partial charge >= 0.3 is 0 Å². The minimum absolute atomic E-state index is 0. The molecule has 2 aromatic rings. The number of likely N-dealkylation sites (tertiary alicyclic amines) is 1. The van der Waals surface area contributed by atoms with Crippen LogP contribution in [0.15, 0.2) is 34.9 Å². The monoisotopic (exact) mass is 530 g/mol. The average molecular weight is 531 g/mol. The number of amides is 2. The molecule has 1 saturated carbocycles. The van der Waals surface area contributed by atoms with E-state index in [0.29, 0.717) is 25.4 Å². The van der Waals surface area contributed by atoms with Gasteiger partial charge in [-0.3, -0.25) is 14.5 Å². The van der Waals surface area contributed by atoms with Crippen molar-refractivity contribution < 1.29 is 18.4 Å². The molecular formula is C30H40ClFN2O3. The zero-order valence-electron chi connectivity index (χ0n) is 22.0. The van der Waals surface area contributed by atoms with Gasteiger partial charge in [-0.15, -0.1) is 12.4 Å². The summed E-state index contributed by atoms with van der Waals surface area (Å²) in [5.74, 6) is 0.755. The molecular weight excluding hydrogens is 491 g/mol. The smallest absolute Gasteiger partial charge is 0.229 e. The minimum atomic E-state index is -0.115. The second-order valence-corrected chi connectivity index (χ2v) is 11.2. The summed E-state index contributed by atoms with van der Waals surface area (Å²) in [7, 11) is 0. The second-order valence-electron chi connectivity index (χ2n) is 11.2. The van der Waals surface area contributed by atoms with E-state index in [4.69, 9.17) is 4.42 Å². The normalized spacial score (nSPS) is 20.9. The van der Waals surface area contributed by atoms with Gasteiger partial charge in [-0.25, -0.2) is 4.39 Å². The van der Waals surface area contributed by atoms with Crippen LogP contribution < -0.4 is 0 Å². The van der Waals surface area contributed by atoms with Crippen LogP contribution in [-0.2, 0) is 22.4 Å². The molecule has 1 aromatic heterocycles. The van der Waals surface area contributed by atoms with Crippen LogP contribution in [-0.4, -0.2) is 47.3 Å². The summed E-state index contributed by atoms with van der Waals surface area (Å²) in [6.45, 7) is 4.66. The lowest BCUT2D eigenvalue weighted by molar-refractivity contribution is -0.153. The Kier molecular flexibility index (Phi) is 9.12. The van der Waals surface area contributed by atoms with Gasteiger partial charge < -0.3 is 9.32 Å². The SMILES string of the molecule is CCCN(CCCCN1C(=O)CC2(CCCC2)CC1=O)[C@H]1CCc2c(F)ccc(-c3ccco3)c2C1.Cl. The first-order valence-electron chi connectivity index (χ1n) is 13.9. The maximum atomic E-state index is 14.7. The Morgan fingerprint density at radius 1 is 1.05 bits per heavy atom. The van der Waals surface area contributed by atoms with Gasteiger partial charge in [0.25, 0.3) is 0 Å². The molecule has 37 heavy (non-hydrogen) atoms.